The predicted molar refractivity (Wildman–Crippen MR) is 71.7 cm³/mol. The van der Waals surface area contributed by atoms with E-state index in [0.717, 1.165) is 29.7 Å². The van der Waals surface area contributed by atoms with Gasteiger partial charge in [-0.1, -0.05) is 12.1 Å². The van der Waals surface area contributed by atoms with E-state index in [4.69, 9.17) is 9.47 Å². The van der Waals surface area contributed by atoms with Gasteiger partial charge in [0.25, 0.3) is 0 Å². The van der Waals surface area contributed by atoms with Gasteiger partial charge in [-0.3, -0.25) is 4.79 Å². The molecule has 1 aliphatic heterocycles. The Kier molecular flexibility index (Phi) is 4.43. The van der Waals surface area contributed by atoms with E-state index >= 15 is 0 Å². The zero-order valence-electron chi connectivity index (χ0n) is 11.4. The lowest BCUT2D eigenvalue weighted by atomic mass is 9.81. The molecule has 4 nitrogen and oxygen atoms in total. The first-order valence-electron chi connectivity index (χ1n) is 6.58. The molecule has 1 fully saturated rings. The SMILES string of the molecule is COc1ccc(C(C(=O)O)C2CCOCC2)cc1C. The van der Waals surface area contributed by atoms with Gasteiger partial charge < -0.3 is 14.6 Å². The number of carboxylic acids is 1. The van der Waals surface area contributed by atoms with Crippen molar-refractivity contribution >= 4 is 5.97 Å². The van der Waals surface area contributed by atoms with Gasteiger partial charge in [0.2, 0.25) is 0 Å². The van der Waals surface area contributed by atoms with Crippen LogP contribution in [0.2, 0.25) is 0 Å². The summed E-state index contributed by atoms with van der Waals surface area (Å²) in [6, 6.07) is 5.63. The zero-order chi connectivity index (χ0) is 13.8. The molecule has 1 atom stereocenters. The fourth-order valence-electron chi connectivity index (χ4n) is 2.76. The average Bonchev–Trinajstić information content (AvgIpc) is 2.40. The van der Waals surface area contributed by atoms with E-state index in [0.29, 0.717) is 13.2 Å². The van der Waals surface area contributed by atoms with Crippen molar-refractivity contribution in [3.05, 3.63) is 29.3 Å². The van der Waals surface area contributed by atoms with E-state index in [-0.39, 0.29) is 5.92 Å². The quantitative estimate of drug-likeness (QED) is 0.908. The summed E-state index contributed by atoms with van der Waals surface area (Å²) in [6.07, 6.45) is 1.62. The Balaban J connectivity index is 2.28. The van der Waals surface area contributed by atoms with E-state index in [1.807, 2.05) is 25.1 Å². The Bertz CT molecular complexity index is 449. The molecule has 1 saturated heterocycles. The van der Waals surface area contributed by atoms with Crippen LogP contribution >= 0.6 is 0 Å². The molecule has 0 bridgehead atoms. The van der Waals surface area contributed by atoms with Crippen LogP contribution in [-0.4, -0.2) is 31.4 Å². The minimum atomic E-state index is -0.753. The molecule has 1 unspecified atom stereocenters. The first kappa shape index (κ1) is 13.9. The van der Waals surface area contributed by atoms with Crippen LogP contribution in [0, 0.1) is 12.8 Å². The molecular weight excluding hydrogens is 244 g/mol. The van der Waals surface area contributed by atoms with E-state index in [1.165, 1.54) is 0 Å². The first-order chi connectivity index (χ1) is 9.13. The van der Waals surface area contributed by atoms with Crippen LogP contribution in [0.25, 0.3) is 0 Å². The van der Waals surface area contributed by atoms with Crippen molar-refractivity contribution in [1.82, 2.24) is 0 Å². The summed E-state index contributed by atoms with van der Waals surface area (Å²) in [5, 5.41) is 9.52. The Morgan fingerprint density at radius 1 is 1.42 bits per heavy atom. The topological polar surface area (TPSA) is 55.8 Å². The number of carbonyl (C=O) groups is 1. The van der Waals surface area contributed by atoms with Crippen LogP contribution in [0.5, 0.6) is 5.75 Å². The van der Waals surface area contributed by atoms with Crippen LogP contribution in [0.3, 0.4) is 0 Å². The van der Waals surface area contributed by atoms with Crippen molar-refractivity contribution in [2.24, 2.45) is 5.92 Å². The molecule has 0 radical (unpaired) electrons. The van der Waals surface area contributed by atoms with Gasteiger partial charge in [0, 0.05) is 13.2 Å². The van der Waals surface area contributed by atoms with E-state index in [2.05, 4.69) is 0 Å². The lowest BCUT2D eigenvalue weighted by Gasteiger charge is -2.28. The van der Waals surface area contributed by atoms with Crippen LogP contribution in [0.4, 0.5) is 0 Å². The standard InChI is InChI=1S/C15H20O4/c1-10-9-12(3-4-13(10)18-2)14(15(16)17)11-5-7-19-8-6-11/h3-4,9,11,14H,5-8H2,1-2H3,(H,16,17). The second-order valence-electron chi connectivity index (χ2n) is 4.99. The number of benzene rings is 1. The highest BCUT2D eigenvalue weighted by atomic mass is 16.5. The van der Waals surface area contributed by atoms with Crippen molar-refractivity contribution in [3.8, 4) is 5.75 Å². The number of aryl methyl sites for hydroxylation is 1. The Morgan fingerprint density at radius 2 is 2.11 bits per heavy atom. The second kappa shape index (κ2) is 6.06. The summed E-state index contributed by atoms with van der Waals surface area (Å²) in [4.78, 5) is 11.6. The number of ether oxygens (including phenoxy) is 2. The number of hydrogen-bond donors (Lipinski definition) is 1. The second-order valence-corrected chi connectivity index (χ2v) is 4.99. The Morgan fingerprint density at radius 3 is 2.63 bits per heavy atom. The smallest absolute Gasteiger partial charge is 0.311 e. The number of methoxy groups -OCH3 is 1. The first-order valence-corrected chi connectivity index (χ1v) is 6.58. The number of rotatable bonds is 4. The molecule has 0 aliphatic carbocycles. The highest BCUT2D eigenvalue weighted by molar-refractivity contribution is 5.76. The predicted octanol–water partition coefficient (Wildman–Crippen LogP) is 2.60. The maximum absolute atomic E-state index is 11.6. The fourth-order valence-corrected chi connectivity index (χ4v) is 2.76. The highest BCUT2D eigenvalue weighted by Crippen LogP contribution is 2.34. The summed E-state index contributed by atoms with van der Waals surface area (Å²) < 4.78 is 10.5. The summed E-state index contributed by atoms with van der Waals surface area (Å²) in [5.74, 6) is -0.260. The minimum absolute atomic E-state index is 0.152. The van der Waals surface area contributed by atoms with Crippen LogP contribution < -0.4 is 4.74 Å². The van der Waals surface area contributed by atoms with E-state index in [1.54, 1.807) is 7.11 Å². The third-order valence-corrected chi connectivity index (χ3v) is 3.78. The molecule has 1 N–H and O–H groups in total. The normalized spacial score (nSPS) is 18.0. The molecule has 0 spiro atoms. The molecule has 4 heteroatoms. The van der Waals surface area contributed by atoms with Gasteiger partial charge in [0.1, 0.15) is 5.75 Å². The summed E-state index contributed by atoms with van der Waals surface area (Å²) in [7, 11) is 1.62. The van der Waals surface area contributed by atoms with Crippen molar-refractivity contribution in [1.29, 1.82) is 0 Å². The molecule has 0 aromatic heterocycles. The minimum Gasteiger partial charge on any atom is -0.496 e. The molecule has 0 saturated carbocycles. The molecule has 104 valence electrons. The van der Waals surface area contributed by atoms with Gasteiger partial charge in [0.05, 0.1) is 13.0 Å². The van der Waals surface area contributed by atoms with Crippen LogP contribution in [0.1, 0.15) is 29.9 Å². The molecule has 1 heterocycles. The van der Waals surface area contributed by atoms with Crippen molar-refractivity contribution < 1.29 is 19.4 Å². The Hall–Kier alpha value is -1.55. The van der Waals surface area contributed by atoms with Crippen molar-refractivity contribution in [3.63, 3.8) is 0 Å². The Labute approximate surface area is 113 Å². The molecular formula is C15H20O4. The fraction of sp³-hybridized carbons (Fsp3) is 0.533. The summed E-state index contributed by atoms with van der Waals surface area (Å²) in [6.45, 7) is 3.25. The van der Waals surface area contributed by atoms with Crippen molar-refractivity contribution in [2.75, 3.05) is 20.3 Å². The lowest BCUT2D eigenvalue weighted by molar-refractivity contribution is -0.141. The lowest BCUT2D eigenvalue weighted by Crippen LogP contribution is -2.27. The maximum Gasteiger partial charge on any atom is 0.311 e. The maximum atomic E-state index is 11.6. The largest absolute Gasteiger partial charge is 0.496 e. The third kappa shape index (κ3) is 3.07. The number of carboxylic acid groups (broad SMARTS) is 1. The van der Waals surface area contributed by atoms with Crippen LogP contribution in [0.15, 0.2) is 18.2 Å². The van der Waals surface area contributed by atoms with Gasteiger partial charge in [-0.2, -0.15) is 0 Å². The molecule has 0 amide bonds. The van der Waals surface area contributed by atoms with E-state index < -0.39 is 11.9 Å². The number of hydrogen-bond acceptors (Lipinski definition) is 3. The van der Waals surface area contributed by atoms with Crippen molar-refractivity contribution in [2.45, 2.75) is 25.7 Å². The molecule has 1 aromatic carbocycles. The average molecular weight is 264 g/mol. The third-order valence-electron chi connectivity index (χ3n) is 3.78. The molecule has 19 heavy (non-hydrogen) atoms. The van der Waals surface area contributed by atoms with E-state index in [9.17, 15) is 9.90 Å². The van der Waals surface area contributed by atoms with Gasteiger partial charge in [-0.25, -0.2) is 0 Å². The van der Waals surface area contributed by atoms with Gasteiger partial charge >= 0.3 is 5.97 Å². The van der Waals surface area contributed by atoms with Gasteiger partial charge in [0.15, 0.2) is 0 Å². The van der Waals surface area contributed by atoms with Gasteiger partial charge in [-0.15, -0.1) is 0 Å². The summed E-state index contributed by atoms with van der Waals surface area (Å²) >= 11 is 0. The van der Waals surface area contributed by atoms with Gasteiger partial charge in [-0.05, 0) is 42.9 Å². The molecule has 1 aliphatic rings. The highest BCUT2D eigenvalue weighted by Gasteiger charge is 2.31. The monoisotopic (exact) mass is 264 g/mol. The zero-order valence-corrected chi connectivity index (χ0v) is 11.4. The van der Waals surface area contributed by atoms with Crippen LogP contribution in [-0.2, 0) is 9.53 Å². The molecule has 1 aromatic rings. The molecule has 2 rings (SSSR count). The summed E-state index contributed by atoms with van der Waals surface area (Å²) in [5.41, 5.74) is 1.83. The number of aliphatic carboxylic acids is 1.